The fraction of sp³-hybridized carbons (Fsp3) is 0.111. The first-order valence-electron chi connectivity index (χ1n) is 3.75. The fourth-order valence-electron chi connectivity index (χ4n) is 1.09. The van der Waals surface area contributed by atoms with Crippen molar-refractivity contribution in [3.63, 3.8) is 0 Å². The number of hydrogen-bond donors (Lipinski definition) is 3. The third kappa shape index (κ3) is 2.30. The second-order valence-electron chi connectivity index (χ2n) is 2.66. The van der Waals surface area contributed by atoms with Crippen LogP contribution in [0.25, 0.3) is 0 Å². The van der Waals surface area contributed by atoms with Crippen molar-refractivity contribution in [2.45, 2.75) is 6.42 Å². The topological polar surface area (TPSA) is 87.2 Å². The lowest BCUT2D eigenvalue weighted by Crippen LogP contribution is -2.15. The molecule has 1 aromatic carbocycles. The maximum atomic E-state index is 10.7. The van der Waals surface area contributed by atoms with Crippen LogP contribution in [0.3, 0.4) is 0 Å². The number of hydrogen-bond acceptors (Lipinski definition) is 2. The number of carboxylic acid groups (broad SMARTS) is 1. The highest BCUT2D eigenvalue weighted by Crippen LogP contribution is 2.08. The van der Waals surface area contributed by atoms with Crippen LogP contribution in [0.15, 0.2) is 24.3 Å². The van der Waals surface area contributed by atoms with E-state index in [0.717, 1.165) is 0 Å². The molecule has 0 aromatic heterocycles. The predicted molar refractivity (Wildman–Crippen MR) is 49.0 cm³/mol. The minimum Gasteiger partial charge on any atom is -0.478 e. The van der Waals surface area contributed by atoms with Crippen LogP contribution in [0.4, 0.5) is 0 Å². The standard InChI is InChI=1S/C9H10N2O2/c10-8(11)5-6-3-1-2-4-7(6)9(12)13/h1-4H,5H2,(H3,10,11)(H,12,13). The van der Waals surface area contributed by atoms with E-state index in [1.807, 2.05) is 0 Å². The third-order valence-corrected chi connectivity index (χ3v) is 1.63. The first kappa shape index (κ1) is 9.25. The molecule has 0 bridgehead atoms. The largest absolute Gasteiger partial charge is 0.478 e. The summed E-state index contributed by atoms with van der Waals surface area (Å²) < 4.78 is 0. The van der Waals surface area contributed by atoms with Gasteiger partial charge in [0.15, 0.2) is 0 Å². The number of aromatic carboxylic acids is 1. The molecule has 0 amide bonds. The summed E-state index contributed by atoms with van der Waals surface area (Å²) in [7, 11) is 0. The van der Waals surface area contributed by atoms with Crippen LogP contribution < -0.4 is 5.73 Å². The molecule has 1 rings (SSSR count). The molecular formula is C9H10N2O2. The summed E-state index contributed by atoms with van der Waals surface area (Å²) in [4.78, 5) is 10.7. The number of rotatable bonds is 3. The molecule has 4 heteroatoms. The Morgan fingerprint density at radius 2 is 2.08 bits per heavy atom. The Bertz CT molecular complexity index is 347. The highest BCUT2D eigenvalue weighted by molar-refractivity contribution is 5.91. The van der Waals surface area contributed by atoms with Crippen molar-refractivity contribution in [1.82, 2.24) is 0 Å². The predicted octanol–water partition coefficient (Wildman–Crippen LogP) is 0.863. The molecule has 0 saturated heterocycles. The van der Waals surface area contributed by atoms with Gasteiger partial charge in [0.1, 0.15) is 0 Å². The molecule has 68 valence electrons. The zero-order valence-corrected chi connectivity index (χ0v) is 6.95. The number of nitrogens with one attached hydrogen (secondary N) is 1. The second-order valence-corrected chi connectivity index (χ2v) is 2.66. The Hall–Kier alpha value is -1.84. The minimum atomic E-state index is -0.989. The summed E-state index contributed by atoms with van der Waals surface area (Å²) in [5.74, 6) is -1.02. The monoisotopic (exact) mass is 178 g/mol. The van der Waals surface area contributed by atoms with E-state index in [2.05, 4.69) is 0 Å². The van der Waals surface area contributed by atoms with Crippen molar-refractivity contribution >= 4 is 11.8 Å². The van der Waals surface area contributed by atoms with Gasteiger partial charge in [-0.25, -0.2) is 4.79 Å². The summed E-state index contributed by atoms with van der Waals surface area (Å²) in [6.07, 6.45) is 0.183. The van der Waals surface area contributed by atoms with Gasteiger partial charge in [0, 0.05) is 6.42 Å². The highest BCUT2D eigenvalue weighted by atomic mass is 16.4. The fourth-order valence-corrected chi connectivity index (χ4v) is 1.09. The lowest BCUT2D eigenvalue weighted by Gasteiger charge is -2.03. The molecule has 0 unspecified atom stereocenters. The van der Waals surface area contributed by atoms with E-state index in [1.165, 1.54) is 6.07 Å². The van der Waals surface area contributed by atoms with Gasteiger partial charge in [-0.2, -0.15) is 0 Å². The van der Waals surface area contributed by atoms with Crippen molar-refractivity contribution < 1.29 is 9.90 Å². The third-order valence-electron chi connectivity index (χ3n) is 1.63. The van der Waals surface area contributed by atoms with E-state index in [-0.39, 0.29) is 17.8 Å². The van der Waals surface area contributed by atoms with Gasteiger partial charge in [0.2, 0.25) is 0 Å². The first-order chi connectivity index (χ1) is 6.11. The van der Waals surface area contributed by atoms with E-state index in [4.69, 9.17) is 16.2 Å². The molecule has 0 heterocycles. The average Bonchev–Trinajstić information content (AvgIpc) is 2.03. The molecule has 0 atom stereocenters. The molecule has 0 fully saturated rings. The highest BCUT2D eigenvalue weighted by Gasteiger charge is 2.08. The second kappa shape index (κ2) is 3.71. The Morgan fingerprint density at radius 3 is 2.62 bits per heavy atom. The molecule has 4 N–H and O–H groups in total. The number of carbonyl (C=O) groups is 1. The van der Waals surface area contributed by atoms with Crippen molar-refractivity contribution in [2.75, 3.05) is 0 Å². The molecule has 13 heavy (non-hydrogen) atoms. The van der Waals surface area contributed by atoms with Crippen LogP contribution in [0.1, 0.15) is 15.9 Å². The Labute approximate surface area is 75.5 Å². The van der Waals surface area contributed by atoms with E-state index in [0.29, 0.717) is 5.56 Å². The van der Waals surface area contributed by atoms with Crippen LogP contribution >= 0.6 is 0 Å². The smallest absolute Gasteiger partial charge is 0.335 e. The minimum absolute atomic E-state index is 0.0336. The van der Waals surface area contributed by atoms with Crippen molar-refractivity contribution in [3.8, 4) is 0 Å². The molecule has 0 aliphatic heterocycles. The van der Waals surface area contributed by atoms with E-state index in [9.17, 15) is 4.79 Å². The molecule has 0 spiro atoms. The summed E-state index contributed by atoms with van der Waals surface area (Å²) in [6, 6.07) is 6.53. The van der Waals surface area contributed by atoms with Gasteiger partial charge in [0.05, 0.1) is 11.4 Å². The summed E-state index contributed by atoms with van der Waals surface area (Å²) >= 11 is 0. The van der Waals surface area contributed by atoms with E-state index >= 15 is 0 Å². The Kier molecular flexibility index (Phi) is 2.64. The quantitative estimate of drug-likeness (QED) is 0.474. The average molecular weight is 178 g/mol. The SMILES string of the molecule is N=C(N)Cc1ccccc1C(=O)O. The summed E-state index contributed by atoms with van der Waals surface area (Å²) in [5.41, 5.74) is 5.96. The van der Waals surface area contributed by atoms with Gasteiger partial charge in [-0.1, -0.05) is 18.2 Å². The Balaban J connectivity index is 3.04. The maximum Gasteiger partial charge on any atom is 0.335 e. The summed E-state index contributed by atoms with van der Waals surface area (Å²) in [5, 5.41) is 15.8. The van der Waals surface area contributed by atoms with Crippen molar-refractivity contribution in [2.24, 2.45) is 5.73 Å². The molecule has 0 radical (unpaired) electrons. The van der Waals surface area contributed by atoms with E-state index in [1.54, 1.807) is 18.2 Å². The Morgan fingerprint density at radius 1 is 1.46 bits per heavy atom. The number of carboxylic acids is 1. The van der Waals surface area contributed by atoms with Gasteiger partial charge in [-0.15, -0.1) is 0 Å². The number of benzene rings is 1. The molecule has 0 saturated carbocycles. The normalized spacial score (nSPS) is 9.54. The zero-order valence-electron chi connectivity index (χ0n) is 6.95. The lowest BCUT2D eigenvalue weighted by molar-refractivity contribution is 0.0696. The van der Waals surface area contributed by atoms with Gasteiger partial charge in [-0.3, -0.25) is 5.41 Å². The van der Waals surface area contributed by atoms with Gasteiger partial charge >= 0.3 is 5.97 Å². The van der Waals surface area contributed by atoms with Crippen LogP contribution in [-0.4, -0.2) is 16.9 Å². The first-order valence-corrected chi connectivity index (χ1v) is 3.75. The van der Waals surface area contributed by atoms with Gasteiger partial charge in [-0.05, 0) is 11.6 Å². The van der Waals surface area contributed by atoms with E-state index < -0.39 is 5.97 Å². The van der Waals surface area contributed by atoms with Crippen LogP contribution in [0.2, 0.25) is 0 Å². The molecule has 4 nitrogen and oxygen atoms in total. The van der Waals surface area contributed by atoms with Crippen molar-refractivity contribution in [3.05, 3.63) is 35.4 Å². The summed E-state index contributed by atoms with van der Waals surface area (Å²) in [6.45, 7) is 0. The zero-order chi connectivity index (χ0) is 9.84. The van der Waals surface area contributed by atoms with Gasteiger partial charge < -0.3 is 10.8 Å². The maximum absolute atomic E-state index is 10.7. The lowest BCUT2D eigenvalue weighted by atomic mass is 10.0. The molecule has 1 aromatic rings. The van der Waals surface area contributed by atoms with Gasteiger partial charge in [0.25, 0.3) is 0 Å². The van der Waals surface area contributed by atoms with Crippen LogP contribution in [0, 0.1) is 5.41 Å². The number of amidine groups is 1. The molecule has 0 aliphatic carbocycles. The molecule has 0 aliphatic rings. The number of nitrogens with two attached hydrogens (primary N) is 1. The van der Waals surface area contributed by atoms with Crippen molar-refractivity contribution in [1.29, 1.82) is 5.41 Å². The van der Waals surface area contributed by atoms with Crippen LogP contribution in [-0.2, 0) is 6.42 Å². The molecular weight excluding hydrogens is 168 g/mol. The van der Waals surface area contributed by atoms with Crippen LogP contribution in [0.5, 0.6) is 0 Å².